The maximum atomic E-state index is 11.5. The average molecular weight is 518 g/mol. The summed E-state index contributed by atoms with van der Waals surface area (Å²) in [6.07, 6.45) is 0.888. The molecule has 0 unspecified atom stereocenters. The fourth-order valence-corrected chi connectivity index (χ4v) is 10.6. The Hall–Kier alpha value is -1.45. The number of carbonyl (C=O) groups is 3. The topological polar surface area (TPSA) is 78.9 Å². The summed E-state index contributed by atoms with van der Waals surface area (Å²) < 4.78 is 16.3. The predicted octanol–water partition coefficient (Wildman–Crippen LogP) is 1.72. The van der Waals surface area contributed by atoms with Crippen LogP contribution < -0.4 is 3.12 Å². The van der Waals surface area contributed by atoms with Gasteiger partial charge >= 0.3 is 143 Å². The van der Waals surface area contributed by atoms with Gasteiger partial charge in [-0.2, -0.15) is 0 Å². The SMILES string of the molecule is CC(=O)[O][Pb]([O]C(C)=O)([O]C(C)=O)[c]1ccc(CC(C)C)cc1. The van der Waals surface area contributed by atoms with E-state index in [2.05, 4.69) is 13.8 Å². The van der Waals surface area contributed by atoms with E-state index in [1.165, 1.54) is 20.8 Å². The van der Waals surface area contributed by atoms with Gasteiger partial charge in [0.05, 0.1) is 0 Å². The van der Waals surface area contributed by atoms with Crippen LogP contribution in [0.5, 0.6) is 0 Å². The molecule has 0 fully saturated rings. The van der Waals surface area contributed by atoms with E-state index in [0.29, 0.717) is 9.04 Å². The Morgan fingerprint density at radius 2 is 1.26 bits per heavy atom. The summed E-state index contributed by atoms with van der Waals surface area (Å²) in [7, 11) is 0. The molecule has 1 rings (SSSR count). The van der Waals surface area contributed by atoms with Crippen LogP contribution in [-0.4, -0.2) is 40.4 Å². The Bertz CT molecular complexity index is 538. The van der Waals surface area contributed by atoms with E-state index in [0.717, 1.165) is 12.0 Å². The molecule has 0 bridgehead atoms. The van der Waals surface area contributed by atoms with Crippen molar-refractivity contribution >= 4 is 43.6 Å². The minimum absolute atomic E-state index is 0.464. The van der Waals surface area contributed by atoms with Gasteiger partial charge in [0.15, 0.2) is 0 Å². The van der Waals surface area contributed by atoms with Crippen molar-refractivity contribution in [1.29, 1.82) is 0 Å². The van der Waals surface area contributed by atoms with Crippen molar-refractivity contribution in [3.8, 4) is 0 Å². The minimum atomic E-state index is -5.03. The molecule has 0 aliphatic heterocycles. The second kappa shape index (κ2) is 8.42. The molecule has 126 valence electrons. The van der Waals surface area contributed by atoms with Crippen molar-refractivity contribution in [2.45, 2.75) is 41.0 Å². The zero-order valence-corrected chi connectivity index (χ0v) is 17.9. The molecule has 0 spiro atoms. The quantitative estimate of drug-likeness (QED) is 0.535. The third-order valence-corrected chi connectivity index (χ3v) is 13.3. The van der Waals surface area contributed by atoms with Gasteiger partial charge in [-0.1, -0.05) is 0 Å². The van der Waals surface area contributed by atoms with Gasteiger partial charge in [-0.05, 0) is 0 Å². The molecule has 1 aromatic carbocycles. The van der Waals surface area contributed by atoms with Crippen LogP contribution in [0.4, 0.5) is 0 Å². The fraction of sp³-hybridized carbons (Fsp3) is 0.438. The molecule has 0 saturated heterocycles. The predicted molar refractivity (Wildman–Crippen MR) is 85.7 cm³/mol. The van der Waals surface area contributed by atoms with E-state index >= 15 is 0 Å². The average Bonchev–Trinajstić information content (AvgIpc) is 2.35. The molecule has 0 aliphatic carbocycles. The summed E-state index contributed by atoms with van der Waals surface area (Å²) in [4.78, 5) is 34.4. The standard InChI is InChI=1S/C10H13.3C2H4O2.Pb/c1-9(2)8-10-6-4-3-5-7-10;3*1-2(3)4;/h4-7,9H,8H2,1-2H3;3*1H3,(H,3,4);/q;;;;+3/p-3. The molecule has 0 heterocycles. The van der Waals surface area contributed by atoms with E-state index in [-0.39, 0.29) is 0 Å². The zero-order chi connectivity index (χ0) is 17.6. The fourth-order valence-electron chi connectivity index (χ4n) is 2.12. The monoisotopic (exact) mass is 518 g/mol. The van der Waals surface area contributed by atoms with Crippen LogP contribution in [-0.2, 0) is 28.9 Å². The van der Waals surface area contributed by atoms with Crippen molar-refractivity contribution in [3.05, 3.63) is 29.8 Å². The molecule has 0 radical (unpaired) electrons. The molecule has 0 atom stereocenters. The van der Waals surface area contributed by atoms with Crippen LogP contribution in [0.25, 0.3) is 0 Å². The number of rotatable bonds is 6. The second-order valence-corrected chi connectivity index (χ2v) is 14.6. The van der Waals surface area contributed by atoms with Crippen LogP contribution in [0.2, 0.25) is 0 Å². The maximum absolute atomic E-state index is 11.5. The van der Waals surface area contributed by atoms with E-state index in [9.17, 15) is 14.4 Å². The Morgan fingerprint density at radius 3 is 1.57 bits per heavy atom. The summed E-state index contributed by atoms with van der Waals surface area (Å²) in [5, 5.41) is 0. The second-order valence-electron chi connectivity index (χ2n) is 5.63. The van der Waals surface area contributed by atoms with Crippen LogP contribution >= 0.6 is 0 Å². The molecule has 0 aromatic heterocycles. The van der Waals surface area contributed by atoms with Gasteiger partial charge in [0.1, 0.15) is 0 Å². The first-order valence-corrected chi connectivity index (χ1v) is 14.0. The van der Waals surface area contributed by atoms with Crippen LogP contribution in [0.1, 0.15) is 40.2 Å². The summed E-state index contributed by atoms with van der Waals surface area (Å²) in [6.45, 7) is 7.78. The molecule has 0 aliphatic rings. The first-order valence-electron chi connectivity index (χ1n) is 7.32. The number of benzene rings is 1. The molecular formula is C16H22O6Pb. The van der Waals surface area contributed by atoms with Crippen molar-refractivity contribution in [1.82, 2.24) is 0 Å². The van der Waals surface area contributed by atoms with Crippen molar-refractivity contribution in [2.24, 2.45) is 5.92 Å². The van der Waals surface area contributed by atoms with Gasteiger partial charge in [-0.3, -0.25) is 0 Å². The number of carbonyl (C=O) groups excluding carboxylic acids is 3. The van der Waals surface area contributed by atoms with E-state index in [1.807, 2.05) is 12.1 Å². The van der Waals surface area contributed by atoms with E-state index in [1.54, 1.807) is 12.1 Å². The van der Waals surface area contributed by atoms with Gasteiger partial charge in [-0.15, -0.1) is 0 Å². The van der Waals surface area contributed by atoms with Crippen molar-refractivity contribution in [2.75, 3.05) is 0 Å². The van der Waals surface area contributed by atoms with E-state index in [4.69, 9.17) is 8.06 Å². The van der Waals surface area contributed by atoms with Gasteiger partial charge in [-0.25, -0.2) is 0 Å². The molecule has 0 amide bonds. The Labute approximate surface area is 142 Å². The van der Waals surface area contributed by atoms with Crippen LogP contribution in [0.15, 0.2) is 24.3 Å². The van der Waals surface area contributed by atoms with Gasteiger partial charge in [0, 0.05) is 0 Å². The molecule has 23 heavy (non-hydrogen) atoms. The molecule has 7 heteroatoms. The summed E-state index contributed by atoms with van der Waals surface area (Å²) in [5.74, 6) is -1.47. The molecule has 6 nitrogen and oxygen atoms in total. The summed E-state index contributed by atoms with van der Waals surface area (Å²) >= 11 is -5.03. The molecular weight excluding hydrogens is 495 g/mol. The first-order chi connectivity index (χ1) is 10.6. The van der Waals surface area contributed by atoms with Crippen LogP contribution in [0.3, 0.4) is 0 Å². The van der Waals surface area contributed by atoms with Gasteiger partial charge in [0.25, 0.3) is 0 Å². The summed E-state index contributed by atoms with van der Waals surface area (Å²) in [6, 6.07) is 7.13. The Kier molecular flexibility index (Phi) is 7.17. The number of hydrogen-bond acceptors (Lipinski definition) is 6. The third kappa shape index (κ3) is 6.28. The Morgan fingerprint density at radius 1 is 0.870 bits per heavy atom. The number of hydrogen-bond donors (Lipinski definition) is 0. The first kappa shape index (κ1) is 19.6. The van der Waals surface area contributed by atoms with E-state index < -0.39 is 40.4 Å². The Balaban J connectivity index is 3.26. The molecule has 0 N–H and O–H groups in total. The van der Waals surface area contributed by atoms with Crippen molar-refractivity contribution < 1.29 is 22.4 Å². The third-order valence-electron chi connectivity index (χ3n) is 2.79. The zero-order valence-electron chi connectivity index (χ0n) is 14.0. The molecule has 1 aromatic rings. The molecule has 0 saturated carbocycles. The van der Waals surface area contributed by atoms with Crippen LogP contribution in [0, 0.1) is 5.92 Å². The normalized spacial score (nSPS) is 11.0. The van der Waals surface area contributed by atoms with Gasteiger partial charge < -0.3 is 0 Å². The summed E-state index contributed by atoms with van der Waals surface area (Å²) in [5.41, 5.74) is 1.10. The van der Waals surface area contributed by atoms with Gasteiger partial charge in [0.2, 0.25) is 0 Å². The van der Waals surface area contributed by atoms with Crippen molar-refractivity contribution in [3.63, 3.8) is 0 Å².